The molecule has 2 N–H and O–H groups in total. The number of carbonyl (C=O) groups excluding carboxylic acids is 2. The maximum Gasteiger partial charge on any atom is 0.338 e. The van der Waals surface area contributed by atoms with Crippen LogP contribution in [0.5, 0.6) is 0 Å². The number of allylic oxidation sites excluding steroid dienone is 1. The Morgan fingerprint density at radius 2 is 2.03 bits per heavy atom. The zero-order chi connectivity index (χ0) is 24.2. The minimum absolute atomic E-state index is 0.00268. The van der Waals surface area contributed by atoms with Gasteiger partial charge in [-0.05, 0) is 19.1 Å². The van der Waals surface area contributed by atoms with Gasteiger partial charge in [-0.2, -0.15) is 5.10 Å². The van der Waals surface area contributed by atoms with Crippen LogP contribution in [-0.4, -0.2) is 33.3 Å². The number of amides is 2. The molecule has 1 aliphatic rings. The number of nitrogens with zero attached hydrogens (tertiary/aromatic N) is 3. The molecule has 0 radical (unpaired) electrons. The van der Waals surface area contributed by atoms with Gasteiger partial charge >= 0.3 is 12.0 Å². The van der Waals surface area contributed by atoms with E-state index >= 15 is 0 Å². The minimum Gasteiger partial charge on any atom is -0.458 e. The monoisotopic (exact) mass is 459 g/mol. The van der Waals surface area contributed by atoms with Crippen molar-refractivity contribution in [1.29, 1.82) is 0 Å². The molecule has 2 aromatic carbocycles. The topological polar surface area (TPSA) is 128 Å². The standard InChI is InChI=1S/C24H21N5O5/c1-3-12-34-23(30)20-15(2)25-24(31)26-22(20)19-14-28(17-9-5-4-6-10-17)27-21(19)16-8-7-11-18(13-16)29(32)33/h3-11,13-14,22H,1,12H2,2H3,(H2,25,26,31)/t22-/m0/s1. The van der Waals surface area contributed by atoms with E-state index in [1.54, 1.807) is 29.9 Å². The largest absolute Gasteiger partial charge is 0.458 e. The average Bonchev–Trinajstić information content (AvgIpc) is 3.28. The van der Waals surface area contributed by atoms with Crippen molar-refractivity contribution in [2.75, 3.05) is 6.61 Å². The van der Waals surface area contributed by atoms with E-state index in [-0.39, 0.29) is 17.9 Å². The first-order valence-electron chi connectivity index (χ1n) is 10.3. The van der Waals surface area contributed by atoms with Gasteiger partial charge in [-0.1, -0.05) is 43.0 Å². The lowest BCUT2D eigenvalue weighted by atomic mass is 9.93. The maximum absolute atomic E-state index is 12.9. The van der Waals surface area contributed by atoms with Gasteiger partial charge in [0.2, 0.25) is 0 Å². The van der Waals surface area contributed by atoms with E-state index in [4.69, 9.17) is 4.74 Å². The summed E-state index contributed by atoms with van der Waals surface area (Å²) in [6.45, 7) is 5.15. The Morgan fingerprint density at radius 3 is 2.74 bits per heavy atom. The lowest BCUT2D eigenvalue weighted by molar-refractivity contribution is -0.384. The zero-order valence-corrected chi connectivity index (χ0v) is 18.2. The molecule has 10 heteroatoms. The third kappa shape index (κ3) is 4.42. The van der Waals surface area contributed by atoms with Crippen LogP contribution in [0.15, 0.2) is 84.7 Å². The second kappa shape index (κ2) is 9.41. The number of carbonyl (C=O) groups is 2. The highest BCUT2D eigenvalue weighted by molar-refractivity contribution is 5.95. The van der Waals surface area contributed by atoms with Crippen molar-refractivity contribution >= 4 is 17.7 Å². The van der Waals surface area contributed by atoms with E-state index in [0.717, 1.165) is 5.69 Å². The Kier molecular flexibility index (Phi) is 6.22. The zero-order valence-electron chi connectivity index (χ0n) is 18.2. The summed E-state index contributed by atoms with van der Waals surface area (Å²) in [5.74, 6) is -0.632. The molecule has 1 atom stereocenters. The molecule has 34 heavy (non-hydrogen) atoms. The van der Waals surface area contributed by atoms with Gasteiger partial charge in [0.15, 0.2) is 0 Å². The van der Waals surface area contributed by atoms with E-state index in [2.05, 4.69) is 22.3 Å². The first kappa shape index (κ1) is 22.5. The van der Waals surface area contributed by atoms with E-state index in [9.17, 15) is 19.7 Å². The van der Waals surface area contributed by atoms with Crippen LogP contribution in [0.2, 0.25) is 0 Å². The molecule has 1 aliphatic heterocycles. The number of ether oxygens (including phenoxy) is 1. The van der Waals surface area contributed by atoms with Crippen LogP contribution in [0.25, 0.3) is 16.9 Å². The summed E-state index contributed by atoms with van der Waals surface area (Å²) < 4.78 is 6.85. The molecule has 3 aromatic rings. The SMILES string of the molecule is C=CCOC(=O)C1=C(C)NC(=O)N[C@H]1c1cn(-c2ccccc2)nc1-c1cccc([N+](=O)[O-])c1. The van der Waals surface area contributed by atoms with E-state index in [0.29, 0.717) is 22.5 Å². The van der Waals surface area contributed by atoms with Crippen LogP contribution in [0.4, 0.5) is 10.5 Å². The predicted molar refractivity (Wildman–Crippen MR) is 124 cm³/mol. The number of urea groups is 1. The first-order chi connectivity index (χ1) is 16.4. The average molecular weight is 459 g/mol. The van der Waals surface area contributed by atoms with Crippen LogP contribution < -0.4 is 10.6 Å². The van der Waals surface area contributed by atoms with Gasteiger partial charge in [-0.15, -0.1) is 0 Å². The molecule has 0 fully saturated rings. The molecule has 0 aliphatic carbocycles. The molecule has 4 rings (SSSR count). The Balaban J connectivity index is 1.91. The van der Waals surface area contributed by atoms with Crippen molar-refractivity contribution in [3.63, 3.8) is 0 Å². The van der Waals surface area contributed by atoms with Crippen LogP contribution in [0.3, 0.4) is 0 Å². The van der Waals surface area contributed by atoms with Gasteiger partial charge in [-0.25, -0.2) is 14.3 Å². The molecular formula is C24H21N5O5. The summed E-state index contributed by atoms with van der Waals surface area (Å²) in [5.41, 5.74) is 2.47. The second-order valence-electron chi connectivity index (χ2n) is 7.48. The fourth-order valence-corrected chi connectivity index (χ4v) is 3.71. The lowest BCUT2D eigenvalue weighted by Crippen LogP contribution is -2.45. The highest BCUT2D eigenvalue weighted by Crippen LogP contribution is 2.35. The Hall–Kier alpha value is -4.73. The van der Waals surface area contributed by atoms with Crippen molar-refractivity contribution in [2.45, 2.75) is 13.0 Å². The molecule has 2 amide bonds. The number of para-hydroxylation sites is 1. The number of esters is 1. The van der Waals surface area contributed by atoms with Crippen LogP contribution in [0, 0.1) is 10.1 Å². The summed E-state index contributed by atoms with van der Waals surface area (Å²) >= 11 is 0. The molecule has 2 heterocycles. The number of rotatable bonds is 7. The lowest BCUT2D eigenvalue weighted by Gasteiger charge is -2.27. The first-order valence-corrected chi connectivity index (χ1v) is 10.3. The van der Waals surface area contributed by atoms with Gasteiger partial charge in [0.1, 0.15) is 6.61 Å². The number of benzene rings is 2. The number of non-ortho nitro benzene ring substituents is 1. The van der Waals surface area contributed by atoms with Crippen LogP contribution >= 0.6 is 0 Å². The molecule has 0 spiro atoms. The minimum atomic E-state index is -0.905. The van der Waals surface area contributed by atoms with Crippen LogP contribution in [-0.2, 0) is 9.53 Å². The van der Waals surface area contributed by atoms with Gasteiger partial charge < -0.3 is 15.4 Å². The summed E-state index contributed by atoms with van der Waals surface area (Å²) in [6, 6.07) is 13.9. The summed E-state index contributed by atoms with van der Waals surface area (Å²) in [6.07, 6.45) is 3.13. The van der Waals surface area contributed by atoms with Crippen molar-refractivity contribution < 1.29 is 19.2 Å². The Labute approximate surface area is 194 Å². The quantitative estimate of drug-likeness (QED) is 0.239. The Morgan fingerprint density at radius 1 is 1.26 bits per heavy atom. The van der Waals surface area contributed by atoms with Gasteiger partial charge in [0, 0.05) is 35.2 Å². The molecule has 0 saturated heterocycles. The van der Waals surface area contributed by atoms with Crippen molar-refractivity contribution in [3.8, 4) is 16.9 Å². The molecule has 0 saturated carbocycles. The predicted octanol–water partition coefficient (Wildman–Crippen LogP) is 3.80. The second-order valence-corrected chi connectivity index (χ2v) is 7.48. The van der Waals surface area contributed by atoms with E-state index in [1.165, 1.54) is 18.2 Å². The van der Waals surface area contributed by atoms with Gasteiger partial charge in [0.25, 0.3) is 5.69 Å². The molecule has 0 bridgehead atoms. The fourth-order valence-electron chi connectivity index (χ4n) is 3.71. The molecule has 172 valence electrons. The number of nitro benzene ring substituents is 1. The molecule has 1 aromatic heterocycles. The number of aromatic nitrogens is 2. The highest BCUT2D eigenvalue weighted by atomic mass is 16.6. The van der Waals surface area contributed by atoms with Crippen molar-refractivity contribution in [1.82, 2.24) is 20.4 Å². The number of hydrogen-bond acceptors (Lipinski definition) is 6. The van der Waals surface area contributed by atoms with Gasteiger partial charge in [0.05, 0.1) is 27.9 Å². The fraction of sp³-hybridized carbons (Fsp3) is 0.125. The number of nitro groups is 1. The van der Waals surface area contributed by atoms with E-state index in [1.807, 2.05) is 30.3 Å². The van der Waals surface area contributed by atoms with Crippen LogP contribution in [0.1, 0.15) is 18.5 Å². The summed E-state index contributed by atoms with van der Waals surface area (Å²) in [5, 5.41) is 21.4. The van der Waals surface area contributed by atoms with E-state index < -0.39 is 23.0 Å². The van der Waals surface area contributed by atoms with Gasteiger partial charge in [-0.3, -0.25) is 10.1 Å². The molecule has 0 unspecified atom stereocenters. The third-order valence-corrected chi connectivity index (χ3v) is 5.23. The normalized spacial score (nSPS) is 15.3. The molecular weight excluding hydrogens is 438 g/mol. The van der Waals surface area contributed by atoms with Crippen molar-refractivity contribution in [3.05, 3.63) is 100 Å². The summed E-state index contributed by atoms with van der Waals surface area (Å²) in [4.78, 5) is 36.1. The number of nitrogens with one attached hydrogen (secondary N) is 2. The maximum atomic E-state index is 12.9. The Bertz CT molecular complexity index is 1310. The smallest absolute Gasteiger partial charge is 0.338 e. The molecule has 10 nitrogen and oxygen atoms in total. The van der Waals surface area contributed by atoms with Crippen molar-refractivity contribution in [2.24, 2.45) is 0 Å². The summed E-state index contributed by atoms with van der Waals surface area (Å²) in [7, 11) is 0. The third-order valence-electron chi connectivity index (χ3n) is 5.23. The highest BCUT2D eigenvalue weighted by Gasteiger charge is 2.35. The number of hydrogen-bond donors (Lipinski definition) is 2.